The Kier molecular flexibility index (Phi) is 118. The van der Waals surface area contributed by atoms with Crippen molar-refractivity contribution >= 4 is 0 Å². The number of rotatable bonds is 0. The van der Waals surface area contributed by atoms with Crippen molar-refractivity contribution in [1.82, 2.24) is 0 Å². The van der Waals surface area contributed by atoms with Gasteiger partial charge in [-0.15, -0.1) is 0 Å². The zero-order chi connectivity index (χ0) is 0. The van der Waals surface area contributed by atoms with Crippen molar-refractivity contribution in [3.8, 4) is 0 Å². The minimum atomic E-state index is 0. The number of hydrogen-bond donors (Lipinski definition) is 0. The van der Waals surface area contributed by atoms with Crippen LogP contribution >= 0.6 is 0 Å². The summed E-state index contributed by atoms with van der Waals surface area (Å²) in [5.74, 6) is 0. The molecular formula is AuCl2K. The average Bonchev–Trinajstić information content (AvgIpc) is 0. The molecule has 0 radical (unpaired) electrons. The van der Waals surface area contributed by atoms with Crippen molar-refractivity contribution in [2.75, 3.05) is 0 Å². The fourth-order valence-electron chi connectivity index (χ4n) is 0. The van der Waals surface area contributed by atoms with Crippen LogP contribution in [0, 0.1) is 0 Å². The minimum absolute atomic E-state index is 0. The summed E-state index contributed by atoms with van der Waals surface area (Å²) in [5.41, 5.74) is 0. The molecule has 0 amide bonds. The van der Waals surface area contributed by atoms with Crippen LogP contribution in [0.4, 0.5) is 0 Å². The fraction of sp³-hybridized carbons (Fsp3) is 0. The number of hydrogen-bond acceptors (Lipinski definition) is 0. The van der Waals surface area contributed by atoms with E-state index in [1.165, 1.54) is 0 Å². The Hall–Kier alpha value is 2.96. The summed E-state index contributed by atoms with van der Waals surface area (Å²) in [7, 11) is 0. The first-order chi connectivity index (χ1) is 0. The molecule has 0 aromatic rings. The first-order valence-electron chi connectivity index (χ1n) is 0. The monoisotopic (exact) mass is 306 g/mol. The molecule has 0 saturated heterocycles. The molecule has 0 aliphatic carbocycles. The molecule has 0 saturated carbocycles. The SMILES string of the molecule is [Au+].[Cl-].[Cl-].[K+]. The van der Waals surface area contributed by atoms with Crippen molar-refractivity contribution in [3.63, 3.8) is 0 Å². The molecule has 0 spiro atoms. The van der Waals surface area contributed by atoms with Gasteiger partial charge in [-0.05, 0) is 0 Å². The van der Waals surface area contributed by atoms with Gasteiger partial charge in [0.15, 0.2) is 0 Å². The minimum Gasteiger partial charge on any atom is -1.00 e. The molecule has 0 aliphatic rings. The van der Waals surface area contributed by atoms with E-state index in [-0.39, 0.29) is 98.6 Å². The second-order valence-corrected chi connectivity index (χ2v) is 0. The molecular weight excluding hydrogens is 307 g/mol. The second kappa shape index (κ2) is 16.7. The molecule has 0 atom stereocenters. The van der Waals surface area contributed by atoms with Gasteiger partial charge >= 0.3 is 73.8 Å². The van der Waals surface area contributed by atoms with Crippen LogP contribution in [0.25, 0.3) is 0 Å². The maximum Gasteiger partial charge on any atom is 1.00 e. The van der Waals surface area contributed by atoms with E-state index in [4.69, 9.17) is 0 Å². The van der Waals surface area contributed by atoms with Gasteiger partial charge in [0.1, 0.15) is 0 Å². The zero-order valence-corrected chi connectivity index (χ0v) is 8.86. The third-order valence-corrected chi connectivity index (χ3v) is 0. The number of halogens is 2. The van der Waals surface area contributed by atoms with Crippen LogP contribution in [0.15, 0.2) is 0 Å². The first-order valence-corrected chi connectivity index (χ1v) is 0. The van der Waals surface area contributed by atoms with Gasteiger partial charge < -0.3 is 24.8 Å². The van der Waals surface area contributed by atoms with Gasteiger partial charge in [-0.2, -0.15) is 0 Å². The summed E-state index contributed by atoms with van der Waals surface area (Å²) < 4.78 is 0. The van der Waals surface area contributed by atoms with Crippen molar-refractivity contribution in [3.05, 3.63) is 0 Å². The molecule has 0 N–H and O–H groups in total. The standard InChI is InChI=1S/Au.2ClH.K/h;2*1H;/q+1;;;+1/p-2. The van der Waals surface area contributed by atoms with Crippen molar-refractivity contribution in [1.29, 1.82) is 0 Å². The Morgan fingerprint density at radius 1 is 0.750 bits per heavy atom. The van der Waals surface area contributed by atoms with E-state index in [2.05, 4.69) is 0 Å². The predicted molar refractivity (Wildman–Crippen MR) is 0 cm³/mol. The Bertz CT molecular complexity index is 6.00. The maximum atomic E-state index is 0. The molecule has 26 valence electrons. The van der Waals surface area contributed by atoms with Crippen LogP contribution < -0.4 is 76.2 Å². The summed E-state index contributed by atoms with van der Waals surface area (Å²) in [5, 5.41) is 0. The van der Waals surface area contributed by atoms with E-state index < -0.39 is 0 Å². The molecule has 0 aromatic heterocycles. The van der Waals surface area contributed by atoms with Crippen LogP contribution in [-0.4, -0.2) is 0 Å². The van der Waals surface area contributed by atoms with Crippen molar-refractivity contribution in [2.45, 2.75) is 0 Å². The normalized spacial score (nSPS) is 0. The van der Waals surface area contributed by atoms with Crippen LogP contribution in [0.1, 0.15) is 0 Å². The van der Waals surface area contributed by atoms with Gasteiger partial charge in [0.2, 0.25) is 0 Å². The quantitative estimate of drug-likeness (QED) is 0.390. The molecule has 0 nitrogen and oxygen atoms in total. The topological polar surface area (TPSA) is 0 Å². The van der Waals surface area contributed by atoms with Gasteiger partial charge in [-0.25, -0.2) is 0 Å². The van der Waals surface area contributed by atoms with Crippen LogP contribution in [-0.2, 0) is 22.4 Å². The van der Waals surface area contributed by atoms with Gasteiger partial charge in [-0.3, -0.25) is 0 Å². The van der Waals surface area contributed by atoms with E-state index in [0.29, 0.717) is 0 Å². The second-order valence-electron chi connectivity index (χ2n) is 0. The zero-order valence-electron chi connectivity index (χ0n) is 2.06. The Labute approximate surface area is 96.2 Å². The summed E-state index contributed by atoms with van der Waals surface area (Å²) >= 11 is 0. The summed E-state index contributed by atoms with van der Waals surface area (Å²) in [4.78, 5) is 0. The summed E-state index contributed by atoms with van der Waals surface area (Å²) in [6.45, 7) is 0. The Morgan fingerprint density at radius 3 is 0.750 bits per heavy atom. The molecule has 0 aromatic carbocycles. The third-order valence-electron chi connectivity index (χ3n) is 0. The molecule has 0 fully saturated rings. The molecule has 0 unspecified atom stereocenters. The molecule has 0 bridgehead atoms. The summed E-state index contributed by atoms with van der Waals surface area (Å²) in [6.07, 6.45) is 0. The Balaban J connectivity index is 0. The van der Waals surface area contributed by atoms with Gasteiger partial charge in [-0.1, -0.05) is 0 Å². The van der Waals surface area contributed by atoms with E-state index >= 15 is 0 Å². The van der Waals surface area contributed by atoms with E-state index in [1.54, 1.807) is 0 Å². The summed E-state index contributed by atoms with van der Waals surface area (Å²) in [6, 6.07) is 0. The van der Waals surface area contributed by atoms with Crippen LogP contribution in [0.3, 0.4) is 0 Å². The fourth-order valence-corrected chi connectivity index (χ4v) is 0. The van der Waals surface area contributed by atoms with Crippen molar-refractivity contribution in [2.24, 2.45) is 0 Å². The largest absolute Gasteiger partial charge is 1.00 e. The third kappa shape index (κ3) is 8.88. The molecule has 0 heterocycles. The molecule has 0 aliphatic heterocycles. The molecule has 0 rings (SSSR count). The van der Waals surface area contributed by atoms with Crippen LogP contribution in [0.2, 0.25) is 0 Å². The van der Waals surface area contributed by atoms with Gasteiger partial charge in [0.05, 0.1) is 0 Å². The Morgan fingerprint density at radius 2 is 0.750 bits per heavy atom. The molecule has 4 heavy (non-hydrogen) atoms. The molecule has 4 heteroatoms. The van der Waals surface area contributed by atoms with Crippen LogP contribution in [0.5, 0.6) is 0 Å². The predicted octanol–water partition coefficient (Wildman–Crippen LogP) is -8.99. The average molecular weight is 307 g/mol. The van der Waals surface area contributed by atoms with E-state index in [1.807, 2.05) is 0 Å². The maximum absolute atomic E-state index is 0. The first kappa shape index (κ1) is 28.2. The van der Waals surface area contributed by atoms with E-state index in [9.17, 15) is 0 Å². The smallest absolute Gasteiger partial charge is 1.00 e. The van der Waals surface area contributed by atoms with E-state index in [0.717, 1.165) is 0 Å². The van der Waals surface area contributed by atoms with Gasteiger partial charge in [0.25, 0.3) is 0 Å². The van der Waals surface area contributed by atoms with Crippen molar-refractivity contribution < 1.29 is 98.6 Å². The van der Waals surface area contributed by atoms with Gasteiger partial charge in [0, 0.05) is 0 Å².